The number of aliphatic carboxylic acids is 1. The number of fused-ring (bicyclic) bond motifs is 2. The number of benzene rings is 4. The van der Waals surface area contributed by atoms with Crippen molar-refractivity contribution in [1.82, 2.24) is 0 Å². The van der Waals surface area contributed by atoms with Crippen LogP contribution in [-0.2, 0) is 4.79 Å². The summed E-state index contributed by atoms with van der Waals surface area (Å²) in [6.07, 6.45) is 4.73. The normalized spacial score (nSPS) is 12.6. The van der Waals surface area contributed by atoms with E-state index in [9.17, 15) is 4.79 Å². The molecule has 5 rings (SSSR count). The van der Waals surface area contributed by atoms with Gasteiger partial charge in [-0.2, -0.15) is 5.26 Å². The van der Waals surface area contributed by atoms with E-state index >= 15 is 0 Å². The van der Waals surface area contributed by atoms with Gasteiger partial charge in [0.05, 0.1) is 11.4 Å². The van der Waals surface area contributed by atoms with Crippen LogP contribution in [0, 0.1) is 18.3 Å². The molecule has 4 heteroatoms. The summed E-state index contributed by atoms with van der Waals surface area (Å²) in [5, 5.41) is 20.4. The zero-order valence-electron chi connectivity index (χ0n) is 18.0. The lowest BCUT2D eigenvalue weighted by atomic mass is 9.89. The summed E-state index contributed by atoms with van der Waals surface area (Å²) in [5.41, 5.74) is 7.42. The molecule has 0 unspecified atom stereocenters. The number of allylic oxidation sites excluding steroid dienone is 2. The van der Waals surface area contributed by atoms with Crippen LogP contribution in [0.15, 0.2) is 96.6 Å². The first-order valence-corrected chi connectivity index (χ1v) is 10.6. The molecule has 1 aliphatic rings. The average molecular weight is 428 g/mol. The molecular formula is C29H20N2O2. The van der Waals surface area contributed by atoms with Crippen LogP contribution in [-0.4, -0.2) is 11.1 Å². The Kier molecular flexibility index (Phi) is 5.01. The van der Waals surface area contributed by atoms with Gasteiger partial charge in [-0.15, -0.1) is 0 Å². The molecule has 158 valence electrons. The van der Waals surface area contributed by atoms with E-state index in [1.807, 2.05) is 12.1 Å². The van der Waals surface area contributed by atoms with E-state index < -0.39 is 5.97 Å². The van der Waals surface area contributed by atoms with E-state index in [1.54, 1.807) is 12.1 Å². The number of carboxylic acid groups (broad SMARTS) is 1. The van der Waals surface area contributed by atoms with E-state index in [-0.39, 0.29) is 5.57 Å². The highest BCUT2D eigenvalue weighted by Gasteiger charge is 2.25. The van der Waals surface area contributed by atoms with Crippen molar-refractivity contribution >= 4 is 39.9 Å². The highest BCUT2D eigenvalue weighted by atomic mass is 16.4. The number of anilines is 3. The summed E-state index contributed by atoms with van der Waals surface area (Å²) >= 11 is 0. The Bertz CT molecular complexity index is 1500. The molecule has 33 heavy (non-hydrogen) atoms. The van der Waals surface area contributed by atoms with Gasteiger partial charge >= 0.3 is 5.97 Å². The van der Waals surface area contributed by atoms with Crippen molar-refractivity contribution in [2.75, 3.05) is 4.90 Å². The summed E-state index contributed by atoms with van der Waals surface area (Å²) < 4.78 is 0. The minimum atomic E-state index is -1.23. The molecule has 0 atom stereocenters. The molecule has 0 fully saturated rings. The third kappa shape index (κ3) is 3.56. The molecule has 0 radical (unpaired) electrons. The Hall–Kier alpha value is -4.62. The number of nitrogens with zero attached hydrogens (tertiary/aromatic N) is 2. The van der Waals surface area contributed by atoms with Crippen molar-refractivity contribution in [1.29, 1.82) is 5.26 Å². The molecule has 0 saturated heterocycles. The van der Waals surface area contributed by atoms with Crippen LogP contribution >= 0.6 is 0 Å². The van der Waals surface area contributed by atoms with E-state index in [0.717, 1.165) is 33.8 Å². The van der Waals surface area contributed by atoms with Crippen molar-refractivity contribution in [2.45, 2.75) is 6.92 Å². The van der Waals surface area contributed by atoms with E-state index in [1.165, 1.54) is 22.4 Å². The third-order valence-corrected chi connectivity index (χ3v) is 5.87. The van der Waals surface area contributed by atoms with Gasteiger partial charge in [-0.05, 0) is 59.8 Å². The van der Waals surface area contributed by atoms with Crippen LogP contribution in [0.1, 0.15) is 11.1 Å². The van der Waals surface area contributed by atoms with Crippen molar-refractivity contribution in [3.8, 4) is 17.2 Å². The summed E-state index contributed by atoms with van der Waals surface area (Å²) in [7, 11) is 0. The number of carboxylic acids is 1. The second kappa shape index (κ2) is 8.14. The van der Waals surface area contributed by atoms with E-state index in [0.29, 0.717) is 0 Å². The van der Waals surface area contributed by atoms with Crippen LogP contribution in [0.25, 0.3) is 28.0 Å². The largest absolute Gasteiger partial charge is 0.477 e. The highest BCUT2D eigenvalue weighted by Crippen LogP contribution is 2.50. The van der Waals surface area contributed by atoms with Crippen LogP contribution in [0.5, 0.6) is 0 Å². The number of aryl methyl sites for hydroxylation is 1. The summed E-state index contributed by atoms with van der Waals surface area (Å²) in [5.74, 6) is -1.23. The quantitative estimate of drug-likeness (QED) is 0.188. The Morgan fingerprint density at radius 3 is 2.42 bits per heavy atom. The van der Waals surface area contributed by atoms with Gasteiger partial charge in [-0.3, -0.25) is 0 Å². The summed E-state index contributed by atoms with van der Waals surface area (Å²) in [6.45, 7) is 2.08. The first-order chi connectivity index (χ1) is 16.1. The van der Waals surface area contributed by atoms with Crippen molar-refractivity contribution < 1.29 is 9.90 Å². The minimum Gasteiger partial charge on any atom is -0.477 e. The SMILES string of the molecule is Cc1ccc(N2c3ccc(C=CC=C(C#N)C(=O)O)cc3-c3cccc4cccc2c34)cc1. The Labute approximate surface area is 192 Å². The predicted molar refractivity (Wildman–Crippen MR) is 133 cm³/mol. The van der Waals surface area contributed by atoms with Gasteiger partial charge in [-0.1, -0.05) is 66.2 Å². The first kappa shape index (κ1) is 20.3. The maximum atomic E-state index is 11.0. The smallest absolute Gasteiger partial charge is 0.346 e. The highest BCUT2D eigenvalue weighted by molar-refractivity contribution is 6.13. The fourth-order valence-corrected chi connectivity index (χ4v) is 4.31. The number of hydrogen-bond acceptors (Lipinski definition) is 3. The standard InChI is InChI=1S/C29H20N2O2/c1-19-11-14-23(15-12-19)31-26-16-13-20(5-2-8-22(18-30)29(32)33)17-25(26)24-9-3-6-21-7-4-10-27(31)28(21)24/h2-17H,1H3,(H,32,33). The van der Waals surface area contributed by atoms with Gasteiger partial charge in [-0.25, -0.2) is 4.79 Å². The van der Waals surface area contributed by atoms with Crippen molar-refractivity contribution in [3.05, 3.63) is 108 Å². The molecule has 0 aliphatic carbocycles. The summed E-state index contributed by atoms with van der Waals surface area (Å²) in [4.78, 5) is 13.3. The number of carbonyl (C=O) groups is 1. The maximum Gasteiger partial charge on any atom is 0.346 e. The molecule has 1 aliphatic heterocycles. The molecule has 0 aromatic heterocycles. The molecular weight excluding hydrogens is 408 g/mol. The van der Waals surface area contributed by atoms with Crippen LogP contribution in [0.3, 0.4) is 0 Å². The molecule has 0 saturated carbocycles. The van der Waals surface area contributed by atoms with Crippen molar-refractivity contribution in [2.24, 2.45) is 0 Å². The molecule has 4 nitrogen and oxygen atoms in total. The molecule has 4 aromatic carbocycles. The third-order valence-electron chi connectivity index (χ3n) is 5.87. The summed E-state index contributed by atoms with van der Waals surface area (Å²) in [6, 6.07) is 29.1. The molecule has 0 amide bonds. The number of hydrogen-bond donors (Lipinski definition) is 1. The first-order valence-electron chi connectivity index (χ1n) is 10.6. The van der Waals surface area contributed by atoms with Gasteiger partial charge in [0.15, 0.2) is 0 Å². The van der Waals surface area contributed by atoms with Crippen molar-refractivity contribution in [3.63, 3.8) is 0 Å². The monoisotopic (exact) mass is 428 g/mol. The maximum absolute atomic E-state index is 11.0. The Balaban J connectivity index is 1.70. The van der Waals surface area contributed by atoms with Gasteiger partial charge in [0.25, 0.3) is 0 Å². The Morgan fingerprint density at radius 1 is 0.939 bits per heavy atom. The van der Waals surface area contributed by atoms with E-state index in [4.69, 9.17) is 10.4 Å². The van der Waals surface area contributed by atoms with Gasteiger partial charge in [0.2, 0.25) is 0 Å². The Morgan fingerprint density at radius 2 is 1.70 bits per heavy atom. The van der Waals surface area contributed by atoms with Crippen LogP contribution < -0.4 is 4.90 Å². The van der Waals surface area contributed by atoms with Gasteiger partial charge in [0, 0.05) is 16.6 Å². The lowest BCUT2D eigenvalue weighted by Crippen LogP contribution is -2.15. The fraction of sp³-hybridized carbons (Fsp3) is 0.0345. The molecule has 0 spiro atoms. The predicted octanol–water partition coefficient (Wildman–Crippen LogP) is 7.15. The number of rotatable bonds is 4. The second-order valence-electron chi connectivity index (χ2n) is 7.98. The van der Waals surface area contributed by atoms with E-state index in [2.05, 4.69) is 84.6 Å². The minimum absolute atomic E-state index is 0.298. The lowest BCUT2D eigenvalue weighted by Gasteiger charge is -2.33. The molecule has 4 aromatic rings. The van der Waals surface area contributed by atoms with Crippen LogP contribution in [0.4, 0.5) is 17.1 Å². The average Bonchev–Trinajstić information content (AvgIpc) is 2.83. The zero-order chi connectivity index (χ0) is 22.9. The molecule has 1 heterocycles. The van der Waals surface area contributed by atoms with Crippen LogP contribution in [0.2, 0.25) is 0 Å². The zero-order valence-corrected chi connectivity index (χ0v) is 18.0. The molecule has 1 N–H and O–H groups in total. The lowest BCUT2D eigenvalue weighted by molar-refractivity contribution is -0.132. The molecule has 0 bridgehead atoms. The second-order valence-corrected chi connectivity index (χ2v) is 7.98. The number of nitriles is 1. The topological polar surface area (TPSA) is 64.3 Å². The van der Waals surface area contributed by atoms with Gasteiger partial charge < -0.3 is 10.0 Å². The van der Waals surface area contributed by atoms with Gasteiger partial charge in [0.1, 0.15) is 11.6 Å². The fourth-order valence-electron chi connectivity index (χ4n) is 4.31.